The first-order valence-electron chi connectivity index (χ1n) is 7.58. The minimum Gasteiger partial charge on any atom is -0.329 e. The van der Waals surface area contributed by atoms with Crippen molar-refractivity contribution in [1.29, 1.82) is 0 Å². The largest absolute Gasteiger partial charge is 0.329 e. The fourth-order valence-corrected chi connectivity index (χ4v) is 3.35. The molecule has 1 fully saturated rings. The number of piperazine rings is 1. The second-order valence-electron chi connectivity index (χ2n) is 6.76. The summed E-state index contributed by atoms with van der Waals surface area (Å²) < 4.78 is 0. The van der Waals surface area contributed by atoms with Gasteiger partial charge in [0.15, 0.2) is 0 Å². The maximum atomic E-state index is 6.14. The maximum Gasteiger partial charge on any atom is 0.0477 e. The normalized spacial score (nSPS) is 21.9. The maximum absolute atomic E-state index is 6.14. The van der Waals surface area contributed by atoms with Crippen LogP contribution in [0.25, 0.3) is 0 Å². The number of likely N-dealkylation sites (N-methyl/N-ethyl adjacent to an activating group) is 1. The van der Waals surface area contributed by atoms with E-state index in [1.165, 1.54) is 16.7 Å². The van der Waals surface area contributed by atoms with Gasteiger partial charge in [0.05, 0.1) is 0 Å². The third kappa shape index (κ3) is 2.90. The SMILES string of the molecule is Cc1cccc(C)c1C(CN)N1CCN(C)C(C)(C)C1. The van der Waals surface area contributed by atoms with Crippen LogP contribution < -0.4 is 5.73 Å². The molecule has 1 unspecified atom stereocenters. The Labute approximate surface area is 123 Å². The zero-order valence-electron chi connectivity index (χ0n) is 13.6. The molecule has 1 aromatic rings. The molecule has 20 heavy (non-hydrogen) atoms. The van der Waals surface area contributed by atoms with Crippen LogP contribution in [0.15, 0.2) is 18.2 Å². The van der Waals surface area contributed by atoms with E-state index < -0.39 is 0 Å². The summed E-state index contributed by atoms with van der Waals surface area (Å²) in [5, 5.41) is 0. The van der Waals surface area contributed by atoms with Crippen molar-refractivity contribution in [2.24, 2.45) is 5.73 Å². The molecule has 0 aliphatic carbocycles. The van der Waals surface area contributed by atoms with E-state index >= 15 is 0 Å². The fraction of sp³-hybridized carbons (Fsp3) is 0.647. The molecule has 0 aromatic heterocycles. The van der Waals surface area contributed by atoms with Gasteiger partial charge in [-0.2, -0.15) is 0 Å². The molecule has 1 saturated heterocycles. The summed E-state index contributed by atoms with van der Waals surface area (Å²) in [6, 6.07) is 6.87. The Morgan fingerprint density at radius 3 is 2.30 bits per heavy atom. The summed E-state index contributed by atoms with van der Waals surface area (Å²) in [5.41, 5.74) is 10.5. The molecule has 2 N–H and O–H groups in total. The number of hydrogen-bond acceptors (Lipinski definition) is 3. The van der Waals surface area contributed by atoms with Crippen LogP contribution in [0.2, 0.25) is 0 Å². The summed E-state index contributed by atoms with van der Waals surface area (Å²) in [4.78, 5) is 5.01. The number of hydrogen-bond donors (Lipinski definition) is 1. The Morgan fingerprint density at radius 2 is 1.80 bits per heavy atom. The van der Waals surface area contributed by atoms with Crippen molar-refractivity contribution < 1.29 is 0 Å². The summed E-state index contributed by atoms with van der Waals surface area (Å²) in [6.45, 7) is 13.0. The number of benzene rings is 1. The third-order valence-corrected chi connectivity index (χ3v) is 4.89. The van der Waals surface area contributed by atoms with Gasteiger partial charge in [-0.05, 0) is 51.4 Å². The minimum atomic E-state index is 0.211. The van der Waals surface area contributed by atoms with Gasteiger partial charge in [-0.15, -0.1) is 0 Å². The zero-order valence-corrected chi connectivity index (χ0v) is 13.6. The standard InChI is InChI=1S/C17H29N3/c1-13-7-6-8-14(2)16(13)15(11-18)20-10-9-19(5)17(3,4)12-20/h6-8,15H,9-12,18H2,1-5H3. The lowest BCUT2D eigenvalue weighted by Gasteiger charge is -2.48. The van der Waals surface area contributed by atoms with Crippen LogP contribution in [0.3, 0.4) is 0 Å². The van der Waals surface area contributed by atoms with Gasteiger partial charge in [-0.1, -0.05) is 18.2 Å². The first-order valence-corrected chi connectivity index (χ1v) is 7.58. The molecule has 3 nitrogen and oxygen atoms in total. The van der Waals surface area contributed by atoms with Gasteiger partial charge in [-0.25, -0.2) is 0 Å². The molecule has 1 aliphatic rings. The average molecular weight is 275 g/mol. The fourth-order valence-electron chi connectivity index (χ4n) is 3.35. The van der Waals surface area contributed by atoms with Gasteiger partial charge in [0, 0.05) is 37.8 Å². The highest BCUT2D eigenvalue weighted by Crippen LogP contribution is 2.30. The van der Waals surface area contributed by atoms with Crippen molar-refractivity contribution >= 4 is 0 Å². The molecular weight excluding hydrogens is 246 g/mol. The molecule has 1 atom stereocenters. The lowest BCUT2D eigenvalue weighted by Crippen LogP contribution is -2.58. The number of rotatable bonds is 3. The monoisotopic (exact) mass is 275 g/mol. The van der Waals surface area contributed by atoms with Gasteiger partial charge in [0.1, 0.15) is 0 Å². The molecule has 112 valence electrons. The van der Waals surface area contributed by atoms with Crippen molar-refractivity contribution in [2.45, 2.75) is 39.3 Å². The second kappa shape index (κ2) is 5.84. The predicted octanol–water partition coefficient (Wildman–Crippen LogP) is 2.33. The van der Waals surface area contributed by atoms with Crippen molar-refractivity contribution in [2.75, 3.05) is 33.2 Å². The van der Waals surface area contributed by atoms with E-state index in [0.29, 0.717) is 12.6 Å². The average Bonchev–Trinajstić information content (AvgIpc) is 2.37. The highest BCUT2D eigenvalue weighted by Gasteiger charge is 2.34. The predicted molar refractivity (Wildman–Crippen MR) is 86.0 cm³/mol. The van der Waals surface area contributed by atoms with E-state index in [0.717, 1.165) is 19.6 Å². The number of nitrogens with zero attached hydrogens (tertiary/aromatic N) is 2. The van der Waals surface area contributed by atoms with Crippen LogP contribution in [0.1, 0.15) is 36.6 Å². The highest BCUT2D eigenvalue weighted by molar-refractivity contribution is 5.36. The van der Waals surface area contributed by atoms with Gasteiger partial charge in [0.25, 0.3) is 0 Å². The number of nitrogens with two attached hydrogens (primary N) is 1. The first-order chi connectivity index (χ1) is 9.36. The Kier molecular flexibility index (Phi) is 4.52. The molecule has 3 heteroatoms. The Hall–Kier alpha value is -0.900. The van der Waals surface area contributed by atoms with E-state index in [1.807, 2.05) is 0 Å². The molecule has 1 heterocycles. The highest BCUT2D eigenvalue weighted by atomic mass is 15.3. The summed E-state index contributed by atoms with van der Waals surface area (Å²) in [5.74, 6) is 0. The molecule has 1 aliphatic heterocycles. The molecule has 0 spiro atoms. The molecule has 0 radical (unpaired) electrons. The molecule has 1 aromatic carbocycles. The first kappa shape index (κ1) is 15.5. The van der Waals surface area contributed by atoms with Gasteiger partial charge >= 0.3 is 0 Å². The topological polar surface area (TPSA) is 32.5 Å². The van der Waals surface area contributed by atoms with Crippen LogP contribution in [0.5, 0.6) is 0 Å². The van der Waals surface area contributed by atoms with Crippen LogP contribution >= 0.6 is 0 Å². The van der Waals surface area contributed by atoms with Gasteiger partial charge < -0.3 is 5.73 Å². The van der Waals surface area contributed by atoms with Crippen LogP contribution in [-0.4, -0.2) is 48.6 Å². The molecular formula is C17H29N3. The lowest BCUT2D eigenvalue weighted by molar-refractivity contribution is 0.0177. The van der Waals surface area contributed by atoms with Gasteiger partial charge in [0.2, 0.25) is 0 Å². The Balaban J connectivity index is 2.29. The van der Waals surface area contributed by atoms with Crippen LogP contribution in [0, 0.1) is 13.8 Å². The molecule has 2 rings (SSSR count). The zero-order chi connectivity index (χ0) is 14.9. The van der Waals surface area contributed by atoms with E-state index in [9.17, 15) is 0 Å². The molecule has 0 bridgehead atoms. The minimum absolute atomic E-state index is 0.211. The van der Waals surface area contributed by atoms with Crippen molar-refractivity contribution in [3.8, 4) is 0 Å². The third-order valence-electron chi connectivity index (χ3n) is 4.89. The second-order valence-corrected chi connectivity index (χ2v) is 6.76. The van der Waals surface area contributed by atoms with E-state index in [2.05, 4.69) is 62.7 Å². The lowest BCUT2D eigenvalue weighted by atomic mass is 9.92. The molecule has 0 saturated carbocycles. The van der Waals surface area contributed by atoms with E-state index in [4.69, 9.17) is 5.73 Å². The quantitative estimate of drug-likeness (QED) is 0.919. The summed E-state index contributed by atoms with van der Waals surface area (Å²) >= 11 is 0. The Bertz CT molecular complexity index is 447. The van der Waals surface area contributed by atoms with E-state index in [-0.39, 0.29) is 5.54 Å². The van der Waals surface area contributed by atoms with Crippen molar-refractivity contribution in [3.63, 3.8) is 0 Å². The smallest absolute Gasteiger partial charge is 0.0477 e. The van der Waals surface area contributed by atoms with E-state index in [1.54, 1.807) is 0 Å². The van der Waals surface area contributed by atoms with Gasteiger partial charge in [-0.3, -0.25) is 9.80 Å². The van der Waals surface area contributed by atoms with Crippen molar-refractivity contribution in [1.82, 2.24) is 9.80 Å². The van der Waals surface area contributed by atoms with Crippen molar-refractivity contribution in [3.05, 3.63) is 34.9 Å². The summed E-state index contributed by atoms with van der Waals surface area (Å²) in [6.07, 6.45) is 0. The van der Waals surface area contributed by atoms with Crippen LogP contribution in [0.4, 0.5) is 0 Å². The Morgan fingerprint density at radius 1 is 1.20 bits per heavy atom. The number of aryl methyl sites for hydroxylation is 2. The molecule has 0 amide bonds. The van der Waals surface area contributed by atoms with Crippen LogP contribution in [-0.2, 0) is 0 Å². The summed E-state index contributed by atoms with van der Waals surface area (Å²) in [7, 11) is 2.22.